The van der Waals surface area contributed by atoms with Crippen LogP contribution in [0.2, 0.25) is 0 Å². The van der Waals surface area contributed by atoms with Crippen LogP contribution in [0, 0.1) is 5.41 Å². The SMILES string of the molecule is CC1(C)CC(=O)C2=C(C1)N=c1s/c(=C/c3cccc(Br)c3)c(=O)n1[C@@H]2c1ccccc1. The molecule has 1 atom stereocenters. The predicted octanol–water partition coefficient (Wildman–Crippen LogP) is 4.37. The summed E-state index contributed by atoms with van der Waals surface area (Å²) in [6, 6.07) is 17.2. The van der Waals surface area contributed by atoms with Crippen molar-refractivity contribution in [3.8, 4) is 0 Å². The molecule has 0 saturated heterocycles. The maximum absolute atomic E-state index is 13.5. The first-order chi connectivity index (χ1) is 14.8. The second-order valence-corrected chi connectivity index (χ2v) is 10.8. The third kappa shape index (κ3) is 3.68. The number of Topliss-reactive ketones (excluding diaryl/α,β-unsaturated/α-hetero) is 1. The van der Waals surface area contributed by atoms with Gasteiger partial charge in [0.2, 0.25) is 0 Å². The van der Waals surface area contributed by atoms with Crippen LogP contribution in [0.15, 0.2) is 80.1 Å². The van der Waals surface area contributed by atoms with Gasteiger partial charge in [-0.25, -0.2) is 4.99 Å². The molecule has 6 heteroatoms. The van der Waals surface area contributed by atoms with Crippen molar-refractivity contribution >= 4 is 39.1 Å². The fourth-order valence-electron chi connectivity index (χ4n) is 4.45. The minimum Gasteiger partial charge on any atom is -0.294 e. The number of ketones is 1. The van der Waals surface area contributed by atoms with Crippen molar-refractivity contribution in [3.05, 3.63) is 101 Å². The van der Waals surface area contributed by atoms with Crippen LogP contribution < -0.4 is 14.9 Å². The van der Waals surface area contributed by atoms with E-state index in [9.17, 15) is 9.59 Å². The highest BCUT2D eigenvalue weighted by Crippen LogP contribution is 2.43. The molecule has 2 aliphatic rings. The second-order valence-electron chi connectivity index (χ2n) is 8.85. The molecule has 0 unspecified atom stereocenters. The van der Waals surface area contributed by atoms with Gasteiger partial charge >= 0.3 is 0 Å². The Hall–Kier alpha value is -2.57. The van der Waals surface area contributed by atoms with Gasteiger partial charge in [0.15, 0.2) is 10.6 Å². The van der Waals surface area contributed by atoms with Crippen molar-refractivity contribution in [3.63, 3.8) is 0 Å². The molecular weight excluding hydrogens is 472 g/mol. The predicted molar refractivity (Wildman–Crippen MR) is 127 cm³/mol. The number of carbonyl (C=O) groups is 1. The Labute approximate surface area is 192 Å². The maximum atomic E-state index is 13.5. The van der Waals surface area contributed by atoms with E-state index in [4.69, 9.17) is 4.99 Å². The first-order valence-electron chi connectivity index (χ1n) is 10.2. The minimum atomic E-state index is -0.430. The van der Waals surface area contributed by atoms with Crippen molar-refractivity contribution < 1.29 is 4.79 Å². The molecule has 0 amide bonds. The van der Waals surface area contributed by atoms with E-state index >= 15 is 0 Å². The van der Waals surface area contributed by atoms with E-state index in [0.29, 0.717) is 21.3 Å². The molecule has 0 fully saturated rings. The Morgan fingerprint density at radius 3 is 2.61 bits per heavy atom. The normalized spacial score (nSPS) is 20.3. The number of nitrogens with zero attached hydrogens (tertiary/aromatic N) is 2. The van der Waals surface area contributed by atoms with Crippen molar-refractivity contribution in [2.24, 2.45) is 10.4 Å². The molecule has 3 aromatic rings. The summed E-state index contributed by atoms with van der Waals surface area (Å²) in [5.41, 5.74) is 3.13. The molecule has 1 aliphatic carbocycles. The summed E-state index contributed by atoms with van der Waals surface area (Å²) in [5.74, 6) is 0.0881. The molecule has 2 aromatic carbocycles. The van der Waals surface area contributed by atoms with Gasteiger partial charge in [-0.1, -0.05) is 83.6 Å². The van der Waals surface area contributed by atoms with E-state index in [1.54, 1.807) is 4.57 Å². The Morgan fingerprint density at radius 1 is 1.10 bits per heavy atom. The molecule has 156 valence electrons. The molecule has 0 saturated carbocycles. The molecule has 1 aromatic heterocycles. The van der Waals surface area contributed by atoms with Crippen LogP contribution in [-0.4, -0.2) is 10.4 Å². The number of rotatable bonds is 2. The first-order valence-corrected chi connectivity index (χ1v) is 11.8. The van der Waals surface area contributed by atoms with Gasteiger partial charge in [0.25, 0.3) is 5.56 Å². The van der Waals surface area contributed by atoms with Crippen LogP contribution in [0.5, 0.6) is 0 Å². The Balaban J connectivity index is 1.77. The standard InChI is InChI=1S/C25H21BrN2O2S/c1-25(2)13-18-21(19(29)14-25)22(16-8-4-3-5-9-16)28-23(30)20(31-24(28)27-18)12-15-7-6-10-17(26)11-15/h3-12,22H,13-14H2,1-2H3/b20-12+/t22-/m1/s1. The van der Waals surface area contributed by atoms with Gasteiger partial charge in [-0.05, 0) is 41.2 Å². The van der Waals surface area contributed by atoms with Crippen LogP contribution in [0.1, 0.15) is 43.9 Å². The molecule has 0 radical (unpaired) electrons. The first kappa shape index (κ1) is 20.3. The number of allylic oxidation sites excluding steroid dienone is 2. The quantitative estimate of drug-likeness (QED) is 0.533. The van der Waals surface area contributed by atoms with Gasteiger partial charge in [0.05, 0.1) is 16.3 Å². The van der Waals surface area contributed by atoms with Gasteiger partial charge in [-0.15, -0.1) is 0 Å². The molecule has 31 heavy (non-hydrogen) atoms. The highest BCUT2D eigenvalue weighted by Gasteiger charge is 2.40. The summed E-state index contributed by atoms with van der Waals surface area (Å²) in [6.07, 6.45) is 3.09. The fraction of sp³-hybridized carbons (Fsp3) is 0.240. The van der Waals surface area contributed by atoms with Crippen molar-refractivity contribution in [1.29, 1.82) is 0 Å². The number of carbonyl (C=O) groups excluding carboxylic acids is 1. The van der Waals surface area contributed by atoms with Gasteiger partial charge in [0.1, 0.15) is 0 Å². The third-order valence-electron chi connectivity index (χ3n) is 5.76. The van der Waals surface area contributed by atoms with Gasteiger partial charge < -0.3 is 0 Å². The number of fused-ring (bicyclic) bond motifs is 1. The lowest BCUT2D eigenvalue weighted by Crippen LogP contribution is -2.42. The molecule has 2 heterocycles. The highest BCUT2D eigenvalue weighted by atomic mass is 79.9. The zero-order valence-electron chi connectivity index (χ0n) is 17.3. The van der Waals surface area contributed by atoms with E-state index in [2.05, 4.69) is 29.8 Å². The molecule has 5 rings (SSSR count). The lowest BCUT2D eigenvalue weighted by atomic mass is 9.73. The smallest absolute Gasteiger partial charge is 0.271 e. The zero-order valence-corrected chi connectivity index (χ0v) is 19.7. The zero-order chi connectivity index (χ0) is 21.8. The molecular formula is C25H21BrN2O2S. The largest absolute Gasteiger partial charge is 0.294 e. The summed E-state index contributed by atoms with van der Waals surface area (Å²) < 4.78 is 3.28. The average molecular weight is 493 g/mol. The number of halogens is 1. The molecule has 0 spiro atoms. The maximum Gasteiger partial charge on any atom is 0.271 e. The van der Waals surface area contributed by atoms with Crippen molar-refractivity contribution in [2.45, 2.75) is 32.7 Å². The van der Waals surface area contributed by atoms with Crippen LogP contribution >= 0.6 is 27.3 Å². The van der Waals surface area contributed by atoms with E-state index < -0.39 is 6.04 Å². The number of benzene rings is 2. The number of aromatic nitrogens is 1. The molecule has 1 aliphatic heterocycles. The summed E-state index contributed by atoms with van der Waals surface area (Å²) in [6.45, 7) is 4.20. The Morgan fingerprint density at radius 2 is 1.87 bits per heavy atom. The second kappa shape index (κ2) is 7.53. The van der Waals surface area contributed by atoms with E-state index in [1.165, 1.54) is 11.3 Å². The van der Waals surface area contributed by atoms with Gasteiger partial charge in [0, 0.05) is 16.5 Å². The van der Waals surface area contributed by atoms with E-state index in [-0.39, 0.29) is 16.8 Å². The number of hydrogen-bond acceptors (Lipinski definition) is 4. The van der Waals surface area contributed by atoms with E-state index in [0.717, 1.165) is 27.7 Å². The van der Waals surface area contributed by atoms with Crippen LogP contribution in [0.25, 0.3) is 6.08 Å². The van der Waals surface area contributed by atoms with Gasteiger partial charge in [-0.3, -0.25) is 14.2 Å². The van der Waals surface area contributed by atoms with Crippen LogP contribution in [0.4, 0.5) is 0 Å². The molecule has 0 N–H and O–H groups in total. The lowest BCUT2D eigenvalue weighted by molar-refractivity contribution is -0.118. The molecule has 0 bridgehead atoms. The average Bonchev–Trinajstić information content (AvgIpc) is 3.01. The summed E-state index contributed by atoms with van der Waals surface area (Å²) in [4.78, 5) is 32.3. The fourth-order valence-corrected chi connectivity index (χ4v) is 5.88. The molecule has 4 nitrogen and oxygen atoms in total. The number of thiazole rings is 1. The summed E-state index contributed by atoms with van der Waals surface area (Å²) >= 11 is 4.87. The van der Waals surface area contributed by atoms with Crippen LogP contribution in [0.3, 0.4) is 0 Å². The van der Waals surface area contributed by atoms with Crippen molar-refractivity contribution in [1.82, 2.24) is 4.57 Å². The third-order valence-corrected chi connectivity index (χ3v) is 7.23. The van der Waals surface area contributed by atoms with Crippen LogP contribution in [-0.2, 0) is 4.79 Å². The topological polar surface area (TPSA) is 51.4 Å². The summed E-state index contributed by atoms with van der Waals surface area (Å²) in [7, 11) is 0. The minimum absolute atomic E-state index is 0.0881. The van der Waals surface area contributed by atoms with Gasteiger partial charge in [-0.2, -0.15) is 0 Å². The Bertz CT molecular complexity index is 1410. The monoisotopic (exact) mass is 492 g/mol. The van der Waals surface area contributed by atoms with E-state index in [1.807, 2.05) is 60.7 Å². The van der Waals surface area contributed by atoms with Crippen molar-refractivity contribution in [2.75, 3.05) is 0 Å². The lowest BCUT2D eigenvalue weighted by Gasteiger charge is -2.35. The number of hydrogen-bond donors (Lipinski definition) is 0. The Kier molecular flexibility index (Phi) is 4.94. The summed E-state index contributed by atoms with van der Waals surface area (Å²) in [5, 5.41) is 0. The highest BCUT2D eigenvalue weighted by molar-refractivity contribution is 9.10.